The first-order chi connectivity index (χ1) is 9.26. The molecule has 0 saturated heterocycles. The van der Waals surface area contributed by atoms with Gasteiger partial charge in [0, 0.05) is 15.8 Å². The molecule has 3 rings (SSSR count). The molecule has 0 aliphatic heterocycles. The standard InChI is InChI=1S/C13H12BrN3S2/c1-2-7-18-13-16-17-8-11(15-12(17)19-13)9-3-5-10(14)6-4-9/h3-6,8H,2,7H2,1H3. The van der Waals surface area contributed by atoms with E-state index in [0.29, 0.717) is 0 Å². The van der Waals surface area contributed by atoms with E-state index in [9.17, 15) is 0 Å². The number of halogens is 1. The van der Waals surface area contributed by atoms with Gasteiger partial charge in [0.25, 0.3) is 0 Å². The number of imidazole rings is 1. The summed E-state index contributed by atoms with van der Waals surface area (Å²) >= 11 is 6.89. The molecule has 0 unspecified atom stereocenters. The largest absolute Gasteiger partial charge is 0.217 e. The molecule has 0 saturated carbocycles. The minimum absolute atomic E-state index is 0.955. The minimum atomic E-state index is 0.955. The number of hydrogen-bond donors (Lipinski definition) is 0. The molecule has 19 heavy (non-hydrogen) atoms. The van der Waals surface area contributed by atoms with Gasteiger partial charge in [0.15, 0.2) is 4.34 Å². The zero-order valence-electron chi connectivity index (χ0n) is 10.3. The molecule has 6 heteroatoms. The number of rotatable bonds is 4. The second-order valence-corrected chi connectivity index (χ2v) is 7.29. The lowest BCUT2D eigenvalue weighted by atomic mass is 10.2. The number of hydrogen-bond acceptors (Lipinski definition) is 4. The summed E-state index contributed by atoms with van der Waals surface area (Å²) in [7, 11) is 0. The fourth-order valence-electron chi connectivity index (χ4n) is 1.69. The van der Waals surface area contributed by atoms with Crippen LogP contribution < -0.4 is 0 Å². The Morgan fingerprint density at radius 1 is 1.32 bits per heavy atom. The summed E-state index contributed by atoms with van der Waals surface area (Å²) in [5.74, 6) is 1.11. The van der Waals surface area contributed by atoms with Crippen molar-refractivity contribution in [2.75, 3.05) is 5.75 Å². The Balaban J connectivity index is 1.90. The minimum Gasteiger partial charge on any atom is -0.217 e. The fourth-order valence-corrected chi connectivity index (χ4v) is 3.80. The van der Waals surface area contributed by atoms with E-state index in [1.165, 1.54) is 0 Å². The maximum absolute atomic E-state index is 4.63. The van der Waals surface area contributed by atoms with E-state index >= 15 is 0 Å². The van der Waals surface area contributed by atoms with E-state index in [4.69, 9.17) is 0 Å². The normalized spacial score (nSPS) is 11.3. The number of nitrogens with zero attached hydrogens (tertiary/aromatic N) is 3. The van der Waals surface area contributed by atoms with Crippen molar-refractivity contribution in [2.45, 2.75) is 17.7 Å². The maximum atomic E-state index is 4.63. The number of fused-ring (bicyclic) bond motifs is 1. The molecule has 0 bridgehead atoms. The Labute approximate surface area is 128 Å². The molecule has 2 heterocycles. The van der Waals surface area contributed by atoms with Crippen LogP contribution >= 0.6 is 39.0 Å². The zero-order valence-corrected chi connectivity index (χ0v) is 13.6. The van der Waals surface area contributed by atoms with Crippen molar-refractivity contribution in [2.24, 2.45) is 0 Å². The average Bonchev–Trinajstić information content (AvgIpc) is 2.95. The van der Waals surface area contributed by atoms with Crippen molar-refractivity contribution < 1.29 is 0 Å². The summed E-state index contributed by atoms with van der Waals surface area (Å²) in [6, 6.07) is 8.17. The van der Waals surface area contributed by atoms with Gasteiger partial charge in [-0.1, -0.05) is 58.1 Å². The molecule has 0 atom stereocenters. The lowest BCUT2D eigenvalue weighted by molar-refractivity contribution is 0.914. The molecule has 0 fully saturated rings. The Morgan fingerprint density at radius 3 is 2.79 bits per heavy atom. The molecule has 0 amide bonds. The monoisotopic (exact) mass is 353 g/mol. The predicted octanol–water partition coefficient (Wildman–Crippen LogP) is 4.72. The van der Waals surface area contributed by atoms with Gasteiger partial charge in [-0.15, -0.1) is 5.10 Å². The third-order valence-corrected chi connectivity index (χ3v) is 5.38. The molecular weight excluding hydrogens is 342 g/mol. The summed E-state index contributed by atoms with van der Waals surface area (Å²) in [5.41, 5.74) is 2.09. The Kier molecular flexibility index (Phi) is 3.91. The lowest BCUT2D eigenvalue weighted by Crippen LogP contribution is -1.81. The van der Waals surface area contributed by atoms with E-state index in [1.807, 2.05) is 22.8 Å². The quantitative estimate of drug-likeness (QED) is 0.635. The van der Waals surface area contributed by atoms with Gasteiger partial charge in [0.1, 0.15) is 0 Å². The van der Waals surface area contributed by atoms with Gasteiger partial charge < -0.3 is 0 Å². The molecule has 3 nitrogen and oxygen atoms in total. The van der Waals surface area contributed by atoms with Crippen molar-refractivity contribution in [1.29, 1.82) is 0 Å². The van der Waals surface area contributed by atoms with Crippen molar-refractivity contribution >= 4 is 44.0 Å². The molecule has 0 radical (unpaired) electrons. The van der Waals surface area contributed by atoms with Crippen LogP contribution in [0.3, 0.4) is 0 Å². The topological polar surface area (TPSA) is 30.2 Å². The molecule has 2 aromatic heterocycles. The van der Waals surface area contributed by atoms with Crippen LogP contribution in [0.5, 0.6) is 0 Å². The van der Waals surface area contributed by atoms with Gasteiger partial charge in [-0.25, -0.2) is 9.50 Å². The zero-order chi connectivity index (χ0) is 13.2. The highest BCUT2D eigenvalue weighted by Crippen LogP contribution is 2.28. The van der Waals surface area contributed by atoms with E-state index in [0.717, 1.165) is 37.2 Å². The summed E-state index contributed by atoms with van der Waals surface area (Å²) in [4.78, 5) is 5.59. The van der Waals surface area contributed by atoms with Gasteiger partial charge in [0.2, 0.25) is 4.96 Å². The smallest absolute Gasteiger partial charge is 0.213 e. The van der Waals surface area contributed by atoms with Crippen LogP contribution in [0.4, 0.5) is 0 Å². The third-order valence-electron chi connectivity index (χ3n) is 2.59. The Bertz CT molecular complexity index is 656. The van der Waals surface area contributed by atoms with Crippen LogP contribution in [0.2, 0.25) is 0 Å². The van der Waals surface area contributed by atoms with Crippen LogP contribution in [0.25, 0.3) is 16.2 Å². The number of aromatic nitrogens is 3. The Hall–Kier alpha value is -0.850. The van der Waals surface area contributed by atoms with E-state index in [2.05, 4.69) is 45.1 Å². The Morgan fingerprint density at radius 2 is 2.11 bits per heavy atom. The number of benzene rings is 1. The van der Waals surface area contributed by atoms with Gasteiger partial charge in [-0.3, -0.25) is 0 Å². The first-order valence-corrected chi connectivity index (χ1v) is 8.60. The molecule has 3 aromatic rings. The third kappa shape index (κ3) is 2.85. The molecule has 1 aromatic carbocycles. The van der Waals surface area contributed by atoms with Crippen molar-refractivity contribution in [3.63, 3.8) is 0 Å². The van der Waals surface area contributed by atoms with Gasteiger partial charge in [-0.2, -0.15) is 0 Å². The summed E-state index contributed by atoms with van der Waals surface area (Å²) in [5, 5.41) is 4.54. The van der Waals surface area contributed by atoms with Crippen molar-refractivity contribution in [3.8, 4) is 11.3 Å². The first kappa shape index (κ1) is 13.1. The molecular formula is C13H12BrN3S2. The van der Waals surface area contributed by atoms with Crippen molar-refractivity contribution in [1.82, 2.24) is 14.6 Å². The van der Waals surface area contributed by atoms with E-state index in [-0.39, 0.29) is 0 Å². The second kappa shape index (κ2) is 5.64. The SMILES string of the molecule is CCCSc1nn2cc(-c3ccc(Br)cc3)nc2s1. The molecule has 0 aliphatic rings. The highest BCUT2D eigenvalue weighted by molar-refractivity contribution is 9.10. The van der Waals surface area contributed by atoms with E-state index < -0.39 is 0 Å². The molecule has 0 N–H and O–H groups in total. The average molecular weight is 354 g/mol. The molecule has 0 spiro atoms. The van der Waals surface area contributed by atoms with Crippen LogP contribution in [0, 0.1) is 0 Å². The lowest BCUT2D eigenvalue weighted by Gasteiger charge is -1.95. The van der Waals surface area contributed by atoms with E-state index in [1.54, 1.807) is 23.1 Å². The summed E-state index contributed by atoms with van der Waals surface area (Å²) in [6.45, 7) is 2.18. The van der Waals surface area contributed by atoms with Crippen molar-refractivity contribution in [3.05, 3.63) is 34.9 Å². The van der Waals surface area contributed by atoms with Crippen LogP contribution in [0.15, 0.2) is 39.3 Å². The van der Waals surface area contributed by atoms with Crippen LogP contribution in [-0.2, 0) is 0 Å². The maximum Gasteiger partial charge on any atom is 0.213 e. The molecule has 0 aliphatic carbocycles. The van der Waals surface area contributed by atoms with Gasteiger partial charge in [0.05, 0.1) is 11.9 Å². The fraction of sp³-hybridized carbons (Fsp3) is 0.231. The van der Waals surface area contributed by atoms with Crippen LogP contribution in [0.1, 0.15) is 13.3 Å². The second-order valence-electron chi connectivity index (χ2n) is 4.08. The van der Waals surface area contributed by atoms with Crippen LogP contribution in [-0.4, -0.2) is 20.4 Å². The molecule has 98 valence electrons. The summed E-state index contributed by atoms with van der Waals surface area (Å²) < 4.78 is 4.04. The predicted molar refractivity (Wildman–Crippen MR) is 85.0 cm³/mol. The van der Waals surface area contributed by atoms with Gasteiger partial charge >= 0.3 is 0 Å². The van der Waals surface area contributed by atoms with Gasteiger partial charge in [-0.05, 0) is 18.6 Å². The first-order valence-electron chi connectivity index (χ1n) is 6.01. The number of thioether (sulfide) groups is 1. The summed E-state index contributed by atoms with van der Waals surface area (Å²) in [6.07, 6.45) is 3.15. The highest BCUT2D eigenvalue weighted by Gasteiger charge is 2.09. The highest BCUT2D eigenvalue weighted by atomic mass is 79.9.